The number of ether oxygens (including phenoxy) is 1. The quantitative estimate of drug-likeness (QED) is 0.669. The Balaban J connectivity index is 2.45. The molecule has 2 N–H and O–H groups in total. The van der Waals surface area contributed by atoms with Crippen LogP contribution >= 0.6 is 0 Å². The average Bonchev–Trinajstić information content (AvgIpc) is 2.72. The van der Waals surface area contributed by atoms with Crippen LogP contribution in [-0.2, 0) is 0 Å². The SMILES string of the molecule is COc1ccc2c(c1)[nH]c1c(C)c(O)ccc12. The number of phenolic OH excluding ortho intramolecular Hbond substituents is 1. The maximum Gasteiger partial charge on any atom is 0.120 e. The molecule has 0 bridgehead atoms. The van der Waals surface area contributed by atoms with Crippen LogP contribution < -0.4 is 4.74 Å². The number of fused-ring (bicyclic) bond motifs is 3. The molecule has 1 heterocycles. The van der Waals surface area contributed by atoms with Crippen LogP contribution in [0.2, 0.25) is 0 Å². The van der Waals surface area contributed by atoms with Crippen LogP contribution in [0.5, 0.6) is 11.5 Å². The number of hydrogen-bond donors (Lipinski definition) is 2. The van der Waals surface area contributed by atoms with E-state index in [-0.39, 0.29) is 0 Å². The third-order valence-corrected chi connectivity index (χ3v) is 3.21. The number of aromatic hydroxyl groups is 1. The molecule has 3 nitrogen and oxygen atoms in total. The molecule has 3 aromatic rings. The van der Waals surface area contributed by atoms with Crippen LogP contribution in [0.4, 0.5) is 0 Å². The molecule has 0 atom stereocenters. The first-order valence-corrected chi connectivity index (χ1v) is 5.48. The molecule has 3 heteroatoms. The summed E-state index contributed by atoms with van der Waals surface area (Å²) in [4.78, 5) is 3.32. The van der Waals surface area contributed by atoms with E-state index in [1.807, 2.05) is 31.2 Å². The zero-order chi connectivity index (χ0) is 12.0. The van der Waals surface area contributed by atoms with E-state index in [0.29, 0.717) is 5.75 Å². The fourth-order valence-electron chi connectivity index (χ4n) is 2.21. The van der Waals surface area contributed by atoms with Gasteiger partial charge in [0.2, 0.25) is 0 Å². The summed E-state index contributed by atoms with van der Waals surface area (Å²) in [6.45, 7) is 1.91. The predicted octanol–water partition coefficient (Wildman–Crippen LogP) is 3.34. The van der Waals surface area contributed by atoms with Crippen molar-refractivity contribution in [2.75, 3.05) is 7.11 Å². The van der Waals surface area contributed by atoms with Gasteiger partial charge in [-0.3, -0.25) is 0 Å². The number of nitrogens with one attached hydrogen (secondary N) is 1. The Morgan fingerprint density at radius 3 is 2.65 bits per heavy atom. The Morgan fingerprint density at radius 1 is 1.12 bits per heavy atom. The molecule has 0 aliphatic rings. The molecule has 0 aliphatic carbocycles. The van der Waals surface area contributed by atoms with Crippen molar-refractivity contribution in [2.45, 2.75) is 6.92 Å². The van der Waals surface area contributed by atoms with E-state index in [4.69, 9.17) is 4.74 Å². The van der Waals surface area contributed by atoms with Gasteiger partial charge in [0.1, 0.15) is 11.5 Å². The monoisotopic (exact) mass is 227 g/mol. The summed E-state index contributed by atoms with van der Waals surface area (Å²) in [7, 11) is 1.65. The summed E-state index contributed by atoms with van der Waals surface area (Å²) in [6, 6.07) is 9.60. The van der Waals surface area contributed by atoms with Crippen molar-refractivity contribution in [1.82, 2.24) is 4.98 Å². The van der Waals surface area contributed by atoms with Crippen molar-refractivity contribution in [3.8, 4) is 11.5 Å². The second-order valence-corrected chi connectivity index (χ2v) is 4.17. The first kappa shape index (κ1) is 10.0. The molecule has 0 unspecified atom stereocenters. The van der Waals surface area contributed by atoms with Crippen LogP contribution in [0, 0.1) is 6.92 Å². The highest BCUT2D eigenvalue weighted by Gasteiger charge is 2.09. The Labute approximate surface area is 98.6 Å². The molecule has 1 aromatic heterocycles. The van der Waals surface area contributed by atoms with Gasteiger partial charge >= 0.3 is 0 Å². The highest BCUT2D eigenvalue weighted by atomic mass is 16.5. The van der Waals surface area contributed by atoms with E-state index >= 15 is 0 Å². The van der Waals surface area contributed by atoms with Gasteiger partial charge in [0.15, 0.2) is 0 Å². The van der Waals surface area contributed by atoms with Crippen LogP contribution in [0.3, 0.4) is 0 Å². The molecule has 2 aromatic carbocycles. The minimum absolute atomic E-state index is 0.316. The maximum atomic E-state index is 9.70. The number of hydrogen-bond acceptors (Lipinski definition) is 2. The summed E-state index contributed by atoms with van der Waals surface area (Å²) in [6.07, 6.45) is 0. The highest BCUT2D eigenvalue weighted by molar-refractivity contribution is 6.09. The van der Waals surface area contributed by atoms with Gasteiger partial charge in [-0.05, 0) is 31.2 Å². The summed E-state index contributed by atoms with van der Waals surface area (Å²) in [5, 5.41) is 12.0. The Bertz CT molecular complexity index is 713. The summed E-state index contributed by atoms with van der Waals surface area (Å²) < 4.78 is 5.20. The molecule has 0 fully saturated rings. The maximum absolute atomic E-state index is 9.70. The zero-order valence-corrected chi connectivity index (χ0v) is 9.74. The second kappa shape index (κ2) is 3.42. The summed E-state index contributed by atoms with van der Waals surface area (Å²) >= 11 is 0. The molecular weight excluding hydrogens is 214 g/mol. The number of aromatic nitrogens is 1. The van der Waals surface area contributed by atoms with E-state index in [1.165, 1.54) is 0 Å². The highest BCUT2D eigenvalue weighted by Crippen LogP contribution is 2.33. The Hall–Kier alpha value is -2.16. The third kappa shape index (κ3) is 1.35. The van der Waals surface area contributed by atoms with Crippen molar-refractivity contribution in [3.63, 3.8) is 0 Å². The number of H-pyrrole nitrogens is 1. The van der Waals surface area contributed by atoms with Gasteiger partial charge in [0.05, 0.1) is 18.1 Å². The van der Waals surface area contributed by atoms with E-state index in [0.717, 1.165) is 33.1 Å². The van der Waals surface area contributed by atoms with Gasteiger partial charge in [-0.2, -0.15) is 0 Å². The van der Waals surface area contributed by atoms with Crippen molar-refractivity contribution in [3.05, 3.63) is 35.9 Å². The number of aromatic amines is 1. The van der Waals surface area contributed by atoms with Crippen LogP contribution in [0.1, 0.15) is 5.56 Å². The first-order valence-electron chi connectivity index (χ1n) is 5.48. The van der Waals surface area contributed by atoms with E-state index in [9.17, 15) is 5.11 Å². The molecule has 0 spiro atoms. The second-order valence-electron chi connectivity index (χ2n) is 4.17. The minimum Gasteiger partial charge on any atom is -0.508 e. The van der Waals surface area contributed by atoms with Crippen LogP contribution in [0.25, 0.3) is 21.8 Å². The lowest BCUT2D eigenvalue weighted by Crippen LogP contribution is -1.80. The first-order chi connectivity index (χ1) is 8.20. The van der Waals surface area contributed by atoms with Crippen molar-refractivity contribution >= 4 is 21.8 Å². The fraction of sp³-hybridized carbons (Fsp3) is 0.143. The Kier molecular flexibility index (Phi) is 2.01. The van der Waals surface area contributed by atoms with Gasteiger partial charge in [0.25, 0.3) is 0 Å². The van der Waals surface area contributed by atoms with Crippen molar-refractivity contribution in [1.29, 1.82) is 0 Å². The third-order valence-electron chi connectivity index (χ3n) is 3.21. The fourth-order valence-corrected chi connectivity index (χ4v) is 2.21. The van der Waals surface area contributed by atoms with Crippen LogP contribution in [0.15, 0.2) is 30.3 Å². The van der Waals surface area contributed by atoms with Crippen molar-refractivity contribution < 1.29 is 9.84 Å². The number of rotatable bonds is 1. The standard InChI is InChI=1S/C14H13NO2/c1-8-13(16)6-5-11-10-4-3-9(17-2)7-12(10)15-14(8)11/h3-7,15-16H,1-2H3. The van der Waals surface area contributed by atoms with Crippen molar-refractivity contribution in [2.24, 2.45) is 0 Å². The van der Waals surface area contributed by atoms with Gasteiger partial charge < -0.3 is 14.8 Å². The smallest absolute Gasteiger partial charge is 0.120 e. The molecule has 0 saturated heterocycles. The van der Waals surface area contributed by atoms with E-state index < -0.39 is 0 Å². The lowest BCUT2D eigenvalue weighted by atomic mass is 10.1. The number of aryl methyl sites for hydroxylation is 1. The molecule has 3 rings (SSSR count). The number of benzene rings is 2. The summed E-state index contributed by atoms with van der Waals surface area (Å²) in [5.41, 5.74) is 2.87. The molecule has 86 valence electrons. The topological polar surface area (TPSA) is 45.2 Å². The lowest BCUT2D eigenvalue weighted by molar-refractivity contribution is 0.415. The normalized spacial score (nSPS) is 11.2. The molecular formula is C14H13NO2. The van der Waals surface area contributed by atoms with Gasteiger partial charge in [0, 0.05) is 22.4 Å². The van der Waals surface area contributed by atoms with Crippen LogP contribution in [-0.4, -0.2) is 17.2 Å². The molecule has 0 aliphatic heterocycles. The van der Waals surface area contributed by atoms with Gasteiger partial charge in [-0.1, -0.05) is 0 Å². The number of phenols is 1. The average molecular weight is 227 g/mol. The van der Waals surface area contributed by atoms with Gasteiger partial charge in [-0.25, -0.2) is 0 Å². The predicted molar refractivity (Wildman–Crippen MR) is 68.8 cm³/mol. The Morgan fingerprint density at radius 2 is 1.88 bits per heavy atom. The largest absolute Gasteiger partial charge is 0.508 e. The minimum atomic E-state index is 0.316. The van der Waals surface area contributed by atoms with E-state index in [2.05, 4.69) is 4.98 Å². The summed E-state index contributed by atoms with van der Waals surface area (Å²) in [5.74, 6) is 1.14. The zero-order valence-electron chi connectivity index (χ0n) is 9.74. The lowest BCUT2D eigenvalue weighted by Gasteiger charge is -1.99. The molecule has 0 radical (unpaired) electrons. The molecule has 17 heavy (non-hydrogen) atoms. The van der Waals surface area contributed by atoms with Gasteiger partial charge in [-0.15, -0.1) is 0 Å². The molecule has 0 amide bonds. The number of methoxy groups -OCH3 is 1. The molecule has 0 saturated carbocycles. The van der Waals surface area contributed by atoms with E-state index in [1.54, 1.807) is 13.2 Å².